The lowest BCUT2D eigenvalue weighted by molar-refractivity contribution is -0.117. The Kier molecular flexibility index (Phi) is 5.60. The molecular formula is C18H18FN5O3. The third-order valence-electron chi connectivity index (χ3n) is 3.61. The zero-order valence-electron chi connectivity index (χ0n) is 14.8. The van der Waals surface area contributed by atoms with Crippen LogP contribution in [0, 0.1) is 5.82 Å². The normalized spacial score (nSPS) is 10.5. The van der Waals surface area contributed by atoms with Gasteiger partial charge in [0.25, 0.3) is 0 Å². The van der Waals surface area contributed by atoms with Crippen molar-refractivity contribution in [3.63, 3.8) is 0 Å². The average Bonchev–Trinajstić information content (AvgIpc) is 3.12. The van der Waals surface area contributed by atoms with Gasteiger partial charge in [0.05, 0.1) is 19.4 Å². The molecule has 9 heteroatoms. The number of halogens is 1. The smallest absolute Gasteiger partial charge is 0.248 e. The molecule has 2 aromatic carbocycles. The molecule has 0 saturated carbocycles. The highest BCUT2D eigenvalue weighted by Gasteiger charge is 2.13. The Morgan fingerprint density at radius 2 is 2.04 bits per heavy atom. The van der Waals surface area contributed by atoms with Gasteiger partial charge in [0.15, 0.2) is 11.5 Å². The summed E-state index contributed by atoms with van der Waals surface area (Å²) >= 11 is 0. The first-order chi connectivity index (χ1) is 13.1. The minimum Gasteiger partial charge on any atom is -0.493 e. The maximum Gasteiger partial charge on any atom is 0.248 e. The molecule has 1 heterocycles. The molecule has 0 atom stereocenters. The van der Waals surface area contributed by atoms with E-state index in [-0.39, 0.29) is 12.2 Å². The zero-order chi connectivity index (χ0) is 19.2. The van der Waals surface area contributed by atoms with Crippen molar-refractivity contribution in [2.45, 2.75) is 13.5 Å². The number of amides is 1. The summed E-state index contributed by atoms with van der Waals surface area (Å²) in [4.78, 5) is 13.2. The van der Waals surface area contributed by atoms with E-state index in [0.717, 1.165) is 4.80 Å². The Balaban J connectivity index is 1.72. The Labute approximate surface area is 154 Å². The minimum absolute atomic E-state index is 0.0966. The van der Waals surface area contributed by atoms with Gasteiger partial charge in [-0.25, -0.2) is 4.39 Å². The summed E-state index contributed by atoms with van der Waals surface area (Å²) in [5.41, 5.74) is 0.763. The molecule has 0 fully saturated rings. The van der Waals surface area contributed by atoms with Crippen molar-refractivity contribution in [1.82, 2.24) is 20.2 Å². The number of aromatic nitrogens is 4. The maximum atomic E-state index is 13.6. The second-order valence-corrected chi connectivity index (χ2v) is 5.47. The van der Waals surface area contributed by atoms with E-state index < -0.39 is 11.7 Å². The fourth-order valence-electron chi connectivity index (χ4n) is 2.39. The minimum atomic E-state index is -0.514. The maximum absolute atomic E-state index is 13.6. The van der Waals surface area contributed by atoms with E-state index in [0.29, 0.717) is 29.5 Å². The summed E-state index contributed by atoms with van der Waals surface area (Å²) in [5, 5.41) is 14.5. The summed E-state index contributed by atoms with van der Waals surface area (Å²) in [6.45, 7) is 2.15. The van der Waals surface area contributed by atoms with Gasteiger partial charge in [-0.1, -0.05) is 12.1 Å². The van der Waals surface area contributed by atoms with Crippen LogP contribution in [-0.2, 0) is 11.3 Å². The molecule has 1 N–H and O–H groups in total. The van der Waals surface area contributed by atoms with E-state index in [1.54, 1.807) is 37.4 Å². The summed E-state index contributed by atoms with van der Waals surface area (Å²) in [6.07, 6.45) is 0. The van der Waals surface area contributed by atoms with Crippen molar-refractivity contribution < 1.29 is 18.7 Å². The predicted molar refractivity (Wildman–Crippen MR) is 96.0 cm³/mol. The SMILES string of the molecule is CCOc1cc(-c2nnn(CC(=O)Nc3ccccc3F)n2)ccc1OC. The van der Waals surface area contributed by atoms with Gasteiger partial charge >= 0.3 is 0 Å². The molecule has 0 bridgehead atoms. The Morgan fingerprint density at radius 1 is 1.22 bits per heavy atom. The van der Waals surface area contributed by atoms with Crippen molar-refractivity contribution in [3.05, 3.63) is 48.3 Å². The van der Waals surface area contributed by atoms with Crippen molar-refractivity contribution >= 4 is 11.6 Å². The van der Waals surface area contributed by atoms with Crippen LogP contribution in [-0.4, -0.2) is 39.8 Å². The van der Waals surface area contributed by atoms with Crippen LogP contribution in [0.4, 0.5) is 10.1 Å². The molecule has 0 radical (unpaired) electrons. The molecule has 1 amide bonds. The van der Waals surface area contributed by atoms with E-state index in [1.165, 1.54) is 12.1 Å². The average molecular weight is 371 g/mol. The third-order valence-corrected chi connectivity index (χ3v) is 3.61. The number of hydrogen-bond acceptors (Lipinski definition) is 6. The van der Waals surface area contributed by atoms with Crippen molar-refractivity contribution in [3.8, 4) is 22.9 Å². The lowest BCUT2D eigenvalue weighted by Crippen LogP contribution is -2.21. The fourth-order valence-corrected chi connectivity index (χ4v) is 2.39. The molecule has 0 aliphatic rings. The molecule has 0 aliphatic carbocycles. The van der Waals surface area contributed by atoms with Gasteiger partial charge in [-0.15, -0.1) is 10.2 Å². The number of nitrogens with zero attached hydrogens (tertiary/aromatic N) is 4. The molecule has 3 rings (SSSR count). The topological polar surface area (TPSA) is 91.2 Å². The molecule has 0 aliphatic heterocycles. The lowest BCUT2D eigenvalue weighted by atomic mass is 10.2. The van der Waals surface area contributed by atoms with Crippen molar-refractivity contribution in [1.29, 1.82) is 0 Å². The predicted octanol–water partition coefficient (Wildman–Crippen LogP) is 2.53. The van der Waals surface area contributed by atoms with E-state index in [1.807, 2.05) is 6.92 Å². The molecule has 8 nitrogen and oxygen atoms in total. The molecule has 0 spiro atoms. The first kappa shape index (κ1) is 18.3. The van der Waals surface area contributed by atoms with Gasteiger partial charge in [-0.2, -0.15) is 4.80 Å². The van der Waals surface area contributed by atoms with E-state index >= 15 is 0 Å². The van der Waals surface area contributed by atoms with Crippen LogP contribution in [0.25, 0.3) is 11.4 Å². The monoisotopic (exact) mass is 371 g/mol. The molecule has 1 aromatic heterocycles. The number of nitrogens with one attached hydrogen (secondary N) is 1. The Hall–Kier alpha value is -3.49. The summed E-state index contributed by atoms with van der Waals surface area (Å²) in [6, 6.07) is 11.2. The summed E-state index contributed by atoms with van der Waals surface area (Å²) in [5.74, 6) is 0.509. The number of carbonyl (C=O) groups is 1. The number of para-hydroxylation sites is 1. The van der Waals surface area contributed by atoms with Crippen molar-refractivity contribution in [2.75, 3.05) is 19.0 Å². The standard InChI is InChI=1S/C18H18FN5O3/c1-3-27-16-10-12(8-9-15(16)26-2)18-21-23-24(22-18)11-17(25)20-14-7-5-4-6-13(14)19/h4-10H,3,11H2,1-2H3,(H,20,25). The zero-order valence-corrected chi connectivity index (χ0v) is 14.8. The Morgan fingerprint density at radius 3 is 2.78 bits per heavy atom. The van der Waals surface area contributed by atoms with Gasteiger partial charge in [-0.05, 0) is 42.5 Å². The van der Waals surface area contributed by atoms with Gasteiger partial charge in [-0.3, -0.25) is 4.79 Å². The fraction of sp³-hybridized carbons (Fsp3) is 0.222. The van der Waals surface area contributed by atoms with E-state index in [2.05, 4.69) is 20.7 Å². The number of anilines is 1. The number of hydrogen-bond donors (Lipinski definition) is 1. The van der Waals surface area contributed by atoms with Crippen LogP contribution in [0.15, 0.2) is 42.5 Å². The first-order valence-corrected chi connectivity index (χ1v) is 8.24. The highest BCUT2D eigenvalue weighted by atomic mass is 19.1. The molecule has 27 heavy (non-hydrogen) atoms. The lowest BCUT2D eigenvalue weighted by Gasteiger charge is -2.09. The molecule has 0 saturated heterocycles. The van der Waals surface area contributed by atoms with Crippen LogP contribution in [0.1, 0.15) is 6.92 Å². The van der Waals surface area contributed by atoms with Crippen molar-refractivity contribution in [2.24, 2.45) is 0 Å². The number of tetrazole rings is 1. The largest absolute Gasteiger partial charge is 0.493 e. The second-order valence-electron chi connectivity index (χ2n) is 5.47. The molecule has 140 valence electrons. The second kappa shape index (κ2) is 8.26. The van der Waals surface area contributed by atoms with Crippen LogP contribution in [0.5, 0.6) is 11.5 Å². The van der Waals surface area contributed by atoms with Crippen LogP contribution < -0.4 is 14.8 Å². The highest BCUT2D eigenvalue weighted by Crippen LogP contribution is 2.31. The number of ether oxygens (including phenoxy) is 2. The van der Waals surface area contributed by atoms with Crippen LogP contribution >= 0.6 is 0 Å². The highest BCUT2D eigenvalue weighted by molar-refractivity contribution is 5.90. The van der Waals surface area contributed by atoms with E-state index in [4.69, 9.17) is 9.47 Å². The van der Waals surface area contributed by atoms with Crippen LogP contribution in [0.2, 0.25) is 0 Å². The van der Waals surface area contributed by atoms with Crippen LogP contribution in [0.3, 0.4) is 0 Å². The van der Waals surface area contributed by atoms with E-state index in [9.17, 15) is 9.18 Å². The number of methoxy groups -OCH3 is 1. The molecule has 3 aromatic rings. The quantitative estimate of drug-likeness (QED) is 0.686. The Bertz CT molecular complexity index is 944. The number of rotatable bonds is 7. The number of carbonyl (C=O) groups excluding carboxylic acids is 1. The number of benzene rings is 2. The van der Waals surface area contributed by atoms with Gasteiger partial charge < -0.3 is 14.8 Å². The molecular weight excluding hydrogens is 353 g/mol. The van der Waals surface area contributed by atoms with Gasteiger partial charge in [0.2, 0.25) is 11.7 Å². The van der Waals surface area contributed by atoms with Gasteiger partial charge in [0.1, 0.15) is 12.4 Å². The van der Waals surface area contributed by atoms with Gasteiger partial charge in [0, 0.05) is 5.56 Å². The molecule has 0 unspecified atom stereocenters. The summed E-state index contributed by atoms with van der Waals surface area (Å²) in [7, 11) is 1.56. The first-order valence-electron chi connectivity index (χ1n) is 8.24. The summed E-state index contributed by atoms with van der Waals surface area (Å²) < 4.78 is 24.4. The third kappa shape index (κ3) is 4.38.